The molecule has 116 valence electrons. The molecule has 3 rings (SSSR count). The molecule has 5 nitrogen and oxygen atoms in total. The molecule has 1 N–H and O–H groups in total. The van der Waals surface area contributed by atoms with Crippen molar-refractivity contribution < 1.29 is 19.5 Å². The lowest BCUT2D eigenvalue weighted by Gasteiger charge is -2.48. The molecule has 2 aliphatic heterocycles. The molecule has 0 spiro atoms. The van der Waals surface area contributed by atoms with Crippen LogP contribution in [0.1, 0.15) is 32.6 Å². The van der Waals surface area contributed by atoms with E-state index in [1.54, 1.807) is 13.8 Å². The second-order valence-corrected chi connectivity index (χ2v) is 7.74. The fourth-order valence-corrected chi connectivity index (χ4v) is 4.28. The van der Waals surface area contributed by atoms with Gasteiger partial charge in [-0.15, -0.1) is 11.3 Å². The molecule has 2 aliphatic rings. The van der Waals surface area contributed by atoms with Gasteiger partial charge in [0.2, 0.25) is 5.91 Å². The van der Waals surface area contributed by atoms with Gasteiger partial charge in [0, 0.05) is 15.9 Å². The molecule has 1 saturated heterocycles. The van der Waals surface area contributed by atoms with Gasteiger partial charge in [-0.2, -0.15) is 0 Å². The van der Waals surface area contributed by atoms with Crippen LogP contribution in [0.4, 0.5) is 0 Å². The largest absolute Gasteiger partial charge is 0.477 e. The molecular weight excluding hydrogens is 302 g/mol. The van der Waals surface area contributed by atoms with Crippen LogP contribution in [-0.2, 0) is 19.8 Å². The molecule has 1 aromatic heterocycles. The number of β-lactam (4-membered cyclic amide) rings is 1. The predicted molar refractivity (Wildman–Crippen MR) is 81.4 cm³/mol. The molecule has 0 aliphatic carbocycles. The molecule has 22 heavy (non-hydrogen) atoms. The SMILES string of the molecule is CC(C)(C1=C(C(=O)O)N2C(=O)C(C)(C)C2C1=O)c1cccs1. The van der Waals surface area contributed by atoms with E-state index in [9.17, 15) is 19.5 Å². The number of hydrogen-bond donors (Lipinski definition) is 1. The Hall–Kier alpha value is -1.95. The van der Waals surface area contributed by atoms with Gasteiger partial charge in [-0.05, 0) is 25.3 Å². The molecular formula is C16H17NO4S. The highest BCUT2D eigenvalue weighted by Crippen LogP contribution is 2.52. The van der Waals surface area contributed by atoms with Crippen molar-refractivity contribution >= 4 is 29.0 Å². The highest BCUT2D eigenvalue weighted by Gasteiger charge is 2.66. The van der Waals surface area contributed by atoms with Crippen molar-refractivity contribution in [3.8, 4) is 0 Å². The van der Waals surface area contributed by atoms with Crippen molar-refractivity contribution in [2.24, 2.45) is 5.41 Å². The van der Waals surface area contributed by atoms with Crippen LogP contribution < -0.4 is 0 Å². The number of thiophene rings is 1. The summed E-state index contributed by atoms with van der Waals surface area (Å²) >= 11 is 1.47. The van der Waals surface area contributed by atoms with Crippen LogP contribution in [-0.4, -0.2) is 33.7 Å². The highest BCUT2D eigenvalue weighted by molar-refractivity contribution is 7.10. The second kappa shape index (κ2) is 4.29. The minimum Gasteiger partial charge on any atom is -0.477 e. The molecule has 0 saturated carbocycles. The number of amides is 1. The summed E-state index contributed by atoms with van der Waals surface area (Å²) in [5.74, 6) is -1.78. The first-order chi connectivity index (χ1) is 10.1. The predicted octanol–water partition coefficient (Wildman–Crippen LogP) is 2.18. The van der Waals surface area contributed by atoms with E-state index in [1.165, 1.54) is 11.3 Å². The molecule has 0 radical (unpaired) electrons. The number of carboxylic acid groups (broad SMARTS) is 1. The third kappa shape index (κ3) is 1.61. The van der Waals surface area contributed by atoms with E-state index < -0.39 is 22.8 Å². The van der Waals surface area contributed by atoms with Crippen LogP contribution in [0.2, 0.25) is 0 Å². The van der Waals surface area contributed by atoms with Gasteiger partial charge < -0.3 is 5.11 Å². The molecule has 6 heteroatoms. The topological polar surface area (TPSA) is 74.7 Å². The third-order valence-corrected chi connectivity index (χ3v) is 5.84. The van der Waals surface area contributed by atoms with E-state index in [0.29, 0.717) is 0 Å². The van der Waals surface area contributed by atoms with Gasteiger partial charge in [0.1, 0.15) is 11.7 Å². The van der Waals surface area contributed by atoms with Gasteiger partial charge in [-0.1, -0.05) is 19.9 Å². The molecule has 3 heterocycles. The lowest BCUT2D eigenvalue weighted by atomic mass is 9.71. The summed E-state index contributed by atoms with van der Waals surface area (Å²) < 4.78 is 0. The lowest BCUT2D eigenvalue weighted by molar-refractivity contribution is -0.167. The molecule has 1 aromatic rings. The summed E-state index contributed by atoms with van der Waals surface area (Å²) in [6.45, 7) is 7.04. The Morgan fingerprint density at radius 1 is 1.36 bits per heavy atom. The number of carbonyl (C=O) groups is 3. The Labute approximate surface area is 132 Å². The Bertz CT molecular complexity index is 727. The van der Waals surface area contributed by atoms with Gasteiger partial charge in [0.25, 0.3) is 0 Å². The molecule has 0 aromatic carbocycles. The summed E-state index contributed by atoms with van der Waals surface area (Å²) in [6, 6.07) is 3.05. The van der Waals surface area contributed by atoms with Crippen molar-refractivity contribution in [2.75, 3.05) is 0 Å². The van der Waals surface area contributed by atoms with E-state index in [0.717, 1.165) is 9.78 Å². The number of fused-ring (bicyclic) bond motifs is 1. The fourth-order valence-electron chi connectivity index (χ4n) is 3.42. The van der Waals surface area contributed by atoms with Crippen LogP contribution in [0.3, 0.4) is 0 Å². The Morgan fingerprint density at radius 3 is 2.50 bits per heavy atom. The number of hydrogen-bond acceptors (Lipinski definition) is 4. The summed E-state index contributed by atoms with van der Waals surface area (Å²) in [6.07, 6.45) is 0. The first-order valence-corrected chi connectivity index (χ1v) is 7.89. The average Bonchev–Trinajstić information content (AvgIpc) is 3.02. The third-order valence-electron chi connectivity index (χ3n) is 4.65. The quantitative estimate of drug-likeness (QED) is 0.867. The number of carboxylic acids is 1. The first kappa shape index (κ1) is 15.0. The maximum absolute atomic E-state index is 12.9. The van der Waals surface area contributed by atoms with Gasteiger partial charge in [0.15, 0.2) is 5.78 Å². The zero-order chi connectivity index (χ0) is 16.4. The van der Waals surface area contributed by atoms with E-state index in [-0.39, 0.29) is 23.0 Å². The average molecular weight is 319 g/mol. The minimum atomic E-state index is -1.22. The van der Waals surface area contributed by atoms with Crippen molar-refractivity contribution in [1.29, 1.82) is 0 Å². The number of aliphatic carboxylic acids is 1. The van der Waals surface area contributed by atoms with Gasteiger partial charge in [-0.3, -0.25) is 14.5 Å². The fraction of sp³-hybridized carbons (Fsp3) is 0.438. The summed E-state index contributed by atoms with van der Waals surface area (Å²) in [7, 11) is 0. The monoisotopic (exact) mass is 319 g/mol. The van der Waals surface area contributed by atoms with Crippen LogP contribution in [0.5, 0.6) is 0 Å². The smallest absolute Gasteiger partial charge is 0.353 e. The van der Waals surface area contributed by atoms with Crippen molar-refractivity contribution in [3.05, 3.63) is 33.7 Å². The van der Waals surface area contributed by atoms with Crippen LogP contribution in [0.25, 0.3) is 0 Å². The van der Waals surface area contributed by atoms with Gasteiger partial charge >= 0.3 is 5.97 Å². The van der Waals surface area contributed by atoms with E-state index in [4.69, 9.17) is 0 Å². The van der Waals surface area contributed by atoms with E-state index in [2.05, 4.69) is 0 Å². The van der Waals surface area contributed by atoms with E-state index >= 15 is 0 Å². The first-order valence-electron chi connectivity index (χ1n) is 7.01. The number of rotatable bonds is 3. The maximum atomic E-state index is 12.9. The highest BCUT2D eigenvalue weighted by atomic mass is 32.1. The summed E-state index contributed by atoms with van der Waals surface area (Å²) in [5.41, 5.74) is -1.51. The molecule has 1 unspecified atom stereocenters. The minimum absolute atomic E-state index is 0.155. The maximum Gasteiger partial charge on any atom is 0.353 e. The molecule has 1 fully saturated rings. The zero-order valence-corrected chi connectivity index (χ0v) is 13.7. The Morgan fingerprint density at radius 2 is 2.00 bits per heavy atom. The zero-order valence-electron chi connectivity index (χ0n) is 12.8. The second-order valence-electron chi connectivity index (χ2n) is 6.79. The molecule has 1 amide bonds. The van der Waals surface area contributed by atoms with Crippen LogP contribution in [0.15, 0.2) is 28.8 Å². The number of nitrogens with zero attached hydrogens (tertiary/aromatic N) is 1. The Balaban J connectivity index is 2.20. The van der Waals surface area contributed by atoms with E-state index in [1.807, 2.05) is 31.4 Å². The summed E-state index contributed by atoms with van der Waals surface area (Å²) in [4.78, 5) is 38.9. The van der Waals surface area contributed by atoms with Crippen molar-refractivity contribution in [2.45, 2.75) is 39.2 Å². The number of carbonyl (C=O) groups excluding carboxylic acids is 2. The summed E-state index contributed by atoms with van der Waals surface area (Å²) in [5, 5.41) is 11.5. The van der Waals surface area contributed by atoms with Crippen molar-refractivity contribution in [1.82, 2.24) is 4.90 Å². The lowest BCUT2D eigenvalue weighted by Crippen LogP contribution is -2.66. The standard InChI is InChI=1S/C16H17NO4S/c1-15(2,8-6-5-7-22-8)9-10(13(19)20)17-12(11(9)18)16(3,4)14(17)21/h5-7,12H,1-4H3,(H,19,20). The normalized spacial score (nSPS) is 23.6. The van der Waals surface area contributed by atoms with Gasteiger partial charge in [-0.25, -0.2) is 4.79 Å². The molecule has 0 bridgehead atoms. The van der Waals surface area contributed by atoms with Crippen LogP contribution in [0, 0.1) is 5.41 Å². The number of ketones is 1. The van der Waals surface area contributed by atoms with Gasteiger partial charge in [0.05, 0.1) is 5.41 Å². The van der Waals surface area contributed by atoms with Crippen LogP contribution >= 0.6 is 11.3 Å². The number of Topliss-reactive ketones (excluding diaryl/α,β-unsaturated/α-hetero) is 1. The van der Waals surface area contributed by atoms with Crippen molar-refractivity contribution in [3.63, 3.8) is 0 Å². The Kier molecular flexibility index (Phi) is 2.92. The molecule has 1 atom stereocenters.